The molecule has 150 valence electrons. The minimum Gasteiger partial charge on any atom is -0.495 e. The maximum absolute atomic E-state index is 12.0. The van der Waals surface area contributed by atoms with E-state index in [1.54, 1.807) is 24.3 Å². The molecule has 0 aliphatic carbocycles. The number of hydrogen-bond acceptors (Lipinski definition) is 6. The first-order chi connectivity index (χ1) is 13.2. The predicted octanol–water partition coefficient (Wildman–Crippen LogP) is 1.77. The van der Waals surface area contributed by atoms with Gasteiger partial charge in [-0.25, -0.2) is 13.6 Å². The van der Waals surface area contributed by atoms with Crippen molar-refractivity contribution < 1.29 is 27.5 Å². The molecule has 0 saturated heterocycles. The number of nitrogens with one attached hydrogen (secondary N) is 1. The third-order valence-corrected chi connectivity index (χ3v) is 4.79. The van der Waals surface area contributed by atoms with Crippen molar-refractivity contribution in [3.8, 4) is 5.75 Å². The van der Waals surface area contributed by atoms with Crippen molar-refractivity contribution in [2.45, 2.75) is 24.7 Å². The van der Waals surface area contributed by atoms with Crippen molar-refractivity contribution in [1.29, 1.82) is 0 Å². The molecule has 0 aromatic heterocycles. The van der Waals surface area contributed by atoms with Crippen molar-refractivity contribution >= 4 is 27.6 Å². The van der Waals surface area contributed by atoms with Gasteiger partial charge in [-0.1, -0.05) is 18.2 Å². The smallest absolute Gasteiger partial charge is 0.306 e. The van der Waals surface area contributed by atoms with E-state index in [1.165, 1.54) is 19.2 Å². The number of benzene rings is 2. The molecule has 0 atom stereocenters. The summed E-state index contributed by atoms with van der Waals surface area (Å²) in [6.07, 6.45) is 0.396. The highest BCUT2D eigenvalue weighted by Gasteiger charge is 2.12. The number of rotatable bonds is 8. The number of carbonyl (C=O) groups excluding carboxylic acids is 2. The highest BCUT2D eigenvalue weighted by molar-refractivity contribution is 7.89. The summed E-state index contributed by atoms with van der Waals surface area (Å²) >= 11 is 0. The van der Waals surface area contributed by atoms with Crippen LogP contribution >= 0.6 is 0 Å². The molecule has 3 N–H and O–H groups in total. The number of sulfonamides is 1. The maximum Gasteiger partial charge on any atom is 0.306 e. The zero-order valence-corrected chi connectivity index (χ0v) is 16.4. The van der Waals surface area contributed by atoms with Crippen molar-refractivity contribution in [2.24, 2.45) is 5.14 Å². The number of ether oxygens (including phenoxy) is 2. The van der Waals surface area contributed by atoms with E-state index in [1.807, 2.05) is 13.0 Å². The van der Waals surface area contributed by atoms with E-state index in [2.05, 4.69) is 5.32 Å². The van der Waals surface area contributed by atoms with Crippen LogP contribution in [-0.4, -0.2) is 34.0 Å². The Hall–Kier alpha value is -2.91. The average Bonchev–Trinajstić information content (AvgIpc) is 2.64. The third-order valence-electron chi connectivity index (χ3n) is 3.86. The number of aryl methyl sites for hydroxylation is 2. The first-order valence-corrected chi connectivity index (χ1v) is 9.95. The number of nitrogens with two attached hydrogens (primary N) is 1. The van der Waals surface area contributed by atoms with Crippen LogP contribution in [0.3, 0.4) is 0 Å². The quantitative estimate of drug-likeness (QED) is 0.644. The second kappa shape index (κ2) is 9.34. The van der Waals surface area contributed by atoms with E-state index < -0.39 is 28.5 Å². The zero-order chi connectivity index (χ0) is 20.7. The molecule has 9 heteroatoms. The SMILES string of the molecule is COc1ccc(C)cc1NC(=O)COC(=O)CCc1ccc(S(N)(=O)=O)cc1. The summed E-state index contributed by atoms with van der Waals surface area (Å²) < 4.78 is 32.6. The molecule has 2 aromatic rings. The van der Waals surface area contributed by atoms with Gasteiger partial charge in [0.2, 0.25) is 10.0 Å². The van der Waals surface area contributed by atoms with Gasteiger partial charge in [-0.05, 0) is 48.7 Å². The summed E-state index contributed by atoms with van der Waals surface area (Å²) in [4.78, 5) is 23.8. The van der Waals surface area contributed by atoms with Crippen LogP contribution in [0.15, 0.2) is 47.4 Å². The largest absolute Gasteiger partial charge is 0.495 e. The number of hydrogen-bond donors (Lipinski definition) is 2. The molecule has 2 aromatic carbocycles. The van der Waals surface area contributed by atoms with Crippen LogP contribution in [-0.2, 0) is 30.8 Å². The number of esters is 1. The molecule has 2 rings (SSSR count). The van der Waals surface area contributed by atoms with Gasteiger partial charge >= 0.3 is 5.97 Å². The minimum atomic E-state index is -3.75. The Morgan fingerprint density at radius 2 is 1.79 bits per heavy atom. The van der Waals surface area contributed by atoms with Gasteiger partial charge in [-0.3, -0.25) is 9.59 Å². The fourth-order valence-corrected chi connectivity index (χ4v) is 2.93. The van der Waals surface area contributed by atoms with E-state index in [9.17, 15) is 18.0 Å². The number of methoxy groups -OCH3 is 1. The molecular weight excluding hydrogens is 384 g/mol. The lowest BCUT2D eigenvalue weighted by Gasteiger charge is -2.11. The molecule has 0 radical (unpaired) electrons. The number of anilines is 1. The second-order valence-electron chi connectivity index (χ2n) is 6.10. The monoisotopic (exact) mass is 406 g/mol. The van der Waals surface area contributed by atoms with Gasteiger partial charge in [0.05, 0.1) is 17.7 Å². The Kier molecular flexibility index (Phi) is 7.13. The van der Waals surface area contributed by atoms with Crippen molar-refractivity contribution in [1.82, 2.24) is 0 Å². The number of carbonyl (C=O) groups is 2. The van der Waals surface area contributed by atoms with Crippen molar-refractivity contribution in [2.75, 3.05) is 19.0 Å². The molecule has 0 unspecified atom stereocenters. The minimum absolute atomic E-state index is 0.00192. The summed E-state index contributed by atoms with van der Waals surface area (Å²) in [5.41, 5.74) is 2.19. The van der Waals surface area contributed by atoms with Crippen LogP contribution in [0.1, 0.15) is 17.5 Å². The Labute approximate surface area is 163 Å². The lowest BCUT2D eigenvalue weighted by molar-refractivity contribution is -0.147. The topological polar surface area (TPSA) is 125 Å². The fraction of sp³-hybridized carbons (Fsp3) is 0.263. The molecule has 28 heavy (non-hydrogen) atoms. The van der Waals surface area contributed by atoms with E-state index >= 15 is 0 Å². The summed E-state index contributed by atoms with van der Waals surface area (Å²) in [6, 6.07) is 11.2. The van der Waals surface area contributed by atoms with Gasteiger partial charge in [0.1, 0.15) is 5.75 Å². The molecule has 0 bridgehead atoms. The van der Waals surface area contributed by atoms with E-state index in [-0.39, 0.29) is 11.3 Å². The molecule has 0 fully saturated rings. The van der Waals surface area contributed by atoms with E-state index in [0.717, 1.165) is 11.1 Å². The standard InChI is InChI=1S/C19H22N2O6S/c1-13-3-9-17(26-2)16(11-13)21-18(22)12-27-19(23)10-6-14-4-7-15(8-5-14)28(20,24)25/h3-5,7-9,11H,6,10,12H2,1-2H3,(H,21,22)(H2,20,24,25). The van der Waals surface area contributed by atoms with Gasteiger partial charge in [0.15, 0.2) is 6.61 Å². The molecule has 0 heterocycles. The molecule has 0 aliphatic rings. The lowest BCUT2D eigenvalue weighted by Crippen LogP contribution is -2.21. The van der Waals surface area contributed by atoms with Crippen LogP contribution in [0, 0.1) is 6.92 Å². The molecule has 0 spiro atoms. The normalized spacial score (nSPS) is 11.0. The van der Waals surface area contributed by atoms with Crippen molar-refractivity contribution in [3.63, 3.8) is 0 Å². The van der Waals surface area contributed by atoms with Gasteiger partial charge < -0.3 is 14.8 Å². The van der Waals surface area contributed by atoms with Gasteiger partial charge in [-0.15, -0.1) is 0 Å². The van der Waals surface area contributed by atoms with E-state index in [4.69, 9.17) is 14.6 Å². The van der Waals surface area contributed by atoms with Crippen LogP contribution in [0.2, 0.25) is 0 Å². The van der Waals surface area contributed by atoms with Crippen LogP contribution in [0.5, 0.6) is 5.75 Å². The number of primary sulfonamides is 1. The first kappa shape index (κ1) is 21.4. The molecule has 8 nitrogen and oxygen atoms in total. The van der Waals surface area contributed by atoms with Gasteiger partial charge in [-0.2, -0.15) is 0 Å². The highest BCUT2D eigenvalue weighted by atomic mass is 32.2. The summed E-state index contributed by atoms with van der Waals surface area (Å²) in [7, 11) is -2.25. The van der Waals surface area contributed by atoms with Crippen LogP contribution in [0.4, 0.5) is 5.69 Å². The Morgan fingerprint density at radius 1 is 1.11 bits per heavy atom. The first-order valence-electron chi connectivity index (χ1n) is 8.41. The van der Waals surface area contributed by atoms with Crippen LogP contribution in [0.25, 0.3) is 0 Å². The molecular formula is C19H22N2O6S. The van der Waals surface area contributed by atoms with Crippen LogP contribution < -0.4 is 15.2 Å². The van der Waals surface area contributed by atoms with Gasteiger partial charge in [0, 0.05) is 6.42 Å². The Bertz CT molecular complexity index is 955. The third kappa shape index (κ3) is 6.36. The van der Waals surface area contributed by atoms with Crippen molar-refractivity contribution in [3.05, 3.63) is 53.6 Å². The summed E-state index contributed by atoms with van der Waals surface area (Å²) in [5.74, 6) is -0.509. The summed E-state index contributed by atoms with van der Waals surface area (Å²) in [6.45, 7) is 1.46. The predicted molar refractivity (Wildman–Crippen MR) is 103 cm³/mol. The number of amides is 1. The fourth-order valence-electron chi connectivity index (χ4n) is 2.42. The Morgan fingerprint density at radius 3 is 2.39 bits per heavy atom. The maximum atomic E-state index is 12.0. The molecule has 0 saturated carbocycles. The molecule has 1 amide bonds. The molecule has 0 aliphatic heterocycles. The van der Waals surface area contributed by atoms with Gasteiger partial charge in [0.25, 0.3) is 5.91 Å². The second-order valence-corrected chi connectivity index (χ2v) is 7.66. The lowest BCUT2D eigenvalue weighted by atomic mass is 10.1. The summed E-state index contributed by atoms with van der Waals surface area (Å²) in [5, 5.41) is 7.67. The highest BCUT2D eigenvalue weighted by Crippen LogP contribution is 2.25. The van der Waals surface area contributed by atoms with E-state index in [0.29, 0.717) is 17.9 Å². The Balaban J connectivity index is 1.81. The average molecular weight is 406 g/mol. The zero-order valence-electron chi connectivity index (χ0n) is 15.6.